The summed E-state index contributed by atoms with van der Waals surface area (Å²) in [5.41, 5.74) is -0.373. The molecule has 8 heteroatoms. The van der Waals surface area contributed by atoms with Crippen molar-refractivity contribution in [3.63, 3.8) is 0 Å². The van der Waals surface area contributed by atoms with E-state index in [1.54, 1.807) is 29.3 Å². The van der Waals surface area contributed by atoms with Crippen molar-refractivity contribution in [1.29, 1.82) is 0 Å². The zero-order chi connectivity index (χ0) is 17.9. The second-order valence-corrected chi connectivity index (χ2v) is 5.75. The largest absolute Gasteiger partial charge is 0.417 e. The molecule has 0 unspecified atom stereocenters. The number of hydrogen-bond acceptors (Lipinski definition) is 4. The Morgan fingerprint density at radius 1 is 1.00 bits per heavy atom. The first-order valence-electron chi connectivity index (χ1n) is 7.93. The van der Waals surface area contributed by atoms with Crippen LogP contribution in [0.1, 0.15) is 22.5 Å². The van der Waals surface area contributed by atoms with Gasteiger partial charge in [0.05, 0.1) is 5.56 Å². The van der Waals surface area contributed by atoms with Gasteiger partial charge in [0.1, 0.15) is 11.5 Å². The molecule has 1 aliphatic heterocycles. The Kier molecular flexibility index (Phi) is 4.87. The fourth-order valence-corrected chi connectivity index (χ4v) is 2.74. The number of alkyl halides is 3. The van der Waals surface area contributed by atoms with E-state index in [4.69, 9.17) is 0 Å². The van der Waals surface area contributed by atoms with E-state index in [0.717, 1.165) is 12.3 Å². The zero-order valence-corrected chi connectivity index (χ0v) is 13.4. The van der Waals surface area contributed by atoms with E-state index in [1.807, 2.05) is 4.90 Å². The molecule has 0 radical (unpaired) electrons. The summed E-state index contributed by atoms with van der Waals surface area (Å²) >= 11 is 0. The van der Waals surface area contributed by atoms with E-state index in [9.17, 15) is 18.0 Å². The van der Waals surface area contributed by atoms with Crippen LogP contribution in [0.5, 0.6) is 0 Å². The minimum Gasteiger partial charge on any atom is -0.355 e. The fourth-order valence-electron chi connectivity index (χ4n) is 2.74. The number of amides is 1. The topological polar surface area (TPSA) is 49.3 Å². The van der Waals surface area contributed by atoms with E-state index >= 15 is 0 Å². The Morgan fingerprint density at radius 3 is 2.48 bits per heavy atom. The average Bonchev–Trinajstić information content (AvgIpc) is 2.87. The van der Waals surface area contributed by atoms with Crippen molar-refractivity contribution in [3.8, 4) is 0 Å². The van der Waals surface area contributed by atoms with Crippen LogP contribution in [0, 0.1) is 0 Å². The molecule has 1 aliphatic rings. The van der Waals surface area contributed by atoms with E-state index in [2.05, 4.69) is 9.97 Å². The lowest BCUT2D eigenvalue weighted by molar-refractivity contribution is -0.137. The van der Waals surface area contributed by atoms with Crippen LogP contribution in [0.25, 0.3) is 0 Å². The van der Waals surface area contributed by atoms with Gasteiger partial charge in [0.25, 0.3) is 5.91 Å². The highest BCUT2D eigenvalue weighted by Crippen LogP contribution is 2.29. The molecule has 25 heavy (non-hydrogen) atoms. The Hall–Kier alpha value is -2.64. The molecule has 132 valence electrons. The molecule has 1 fully saturated rings. The first-order valence-corrected chi connectivity index (χ1v) is 7.93. The summed E-state index contributed by atoms with van der Waals surface area (Å²) in [4.78, 5) is 24.1. The molecule has 3 heterocycles. The van der Waals surface area contributed by atoms with Gasteiger partial charge in [-0.1, -0.05) is 6.07 Å². The van der Waals surface area contributed by atoms with E-state index < -0.39 is 11.7 Å². The Morgan fingerprint density at radius 2 is 1.84 bits per heavy atom. The summed E-state index contributed by atoms with van der Waals surface area (Å²) in [6.45, 7) is 2.19. The van der Waals surface area contributed by atoms with Crippen LogP contribution in [-0.2, 0) is 6.18 Å². The third-order valence-corrected chi connectivity index (χ3v) is 4.07. The Bertz CT molecular complexity index is 719. The first kappa shape index (κ1) is 17.2. The summed E-state index contributed by atoms with van der Waals surface area (Å²) in [7, 11) is 0. The number of nitrogens with zero attached hydrogens (tertiary/aromatic N) is 4. The quantitative estimate of drug-likeness (QED) is 0.836. The van der Waals surface area contributed by atoms with Crippen molar-refractivity contribution >= 4 is 11.7 Å². The predicted molar refractivity (Wildman–Crippen MR) is 86.2 cm³/mol. The van der Waals surface area contributed by atoms with Gasteiger partial charge < -0.3 is 9.80 Å². The maximum atomic E-state index is 12.6. The van der Waals surface area contributed by atoms with Crippen LogP contribution in [0.2, 0.25) is 0 Å². The number of carbonyl (C=O) groups is 1. The SMILES string of the molecule is O=C(c1ccccn1)N1CCCN(c2ccc(C(F)(F)F)cn2)CC1. The summed E-state index contributed by atoms with van der Waals surface area (Å²) in [6, 6.07) is 7.58. The molecule has 0 spiro atoms. The second kappa shape index (κ2) is 7.08. The summed E-state index contributed by atoms with van der Waals surface area (Å²) in [5.74, 6) is 0.350. The van der Waals surface area contributed by atoms with E-state index in [0.29, 0.717) is 44.1 Å². The summed E-state index contributed by atoms with van der Waals surface area (Å²) in [5, 5.41) is 0. The maximum absolute atomic E-state index is 12.6. The van der Waals surface area contributed by atoms with Crippen LogP contribution >= 0.6 is 0 Å². The smallest absolute Gasteiger partial charge is 0.355 e. The molecule has 1 saturated heterocycles. The number of halogens is 3. The van der Waals surface area contributed by atoms with Crippen molar-refractivity contribution in [2.24, 2.45) is 0 Å². The number of pyridine rings is 2. The minimum absolute atomic E-state index is 0.136. The van der Waals surface area contributed by atoms with Crippen molar-refractivity contribution in [2.45, 2.75) is 12.6 Å². The van der Waals surface area contributed by atoms with Gasteiger partial charge in [-0.2, -0.15) is 13.2 Å². The van der Waals surface area contributed by atoms with Gasteiger partial charge in [0, 0.05) is 38.6 Å². The second-order valence-electron chi connectivity index (χ2n) is 5.75. The zero-order valence-electron chi connectivity index (χ0n) is 13.4. The van der Waals surface area contributed by atoms with Gasteiger partial charge in [0.15, 0.2) is 0 Å². The molecule has 0 aromatic carbocycles. The lowest BCUT2D eigenvalue weighted by atomic mass is 10.2. The highest BCUT2D eigenvalue weighted by molar-refractivity contribution is 5.92. The normalized spacial score (nSPS) is 15.8. The van der Waals surface area contributed by atoms with Crippen molar-refractivity contribution < 1.29 is 18.0 Å². The van der Waals surface area contributed by atoms with Crippen LogP contribution < -0.4 is 4.90 Å². The number of aromatic nitrogens is 2. The van der Waals surface area contributed by atoms with Gasteiger partial charge >= 0.3 is 6.18 Å². The standard InChI is InChI=1S/C17H17F3N4O/c18-17(19,20)13-5-6-15(22-12-13)23-8-3-9-24(11-10-23)16(25)14-4-1-2-7-21-14/h1-2,4-7,12H,3,8-11H2. The molecule has 2 aromatic heterocycles. The van der Waals surface area contributed by atoms with Crippen molar-refractivity contribution in [2.75, 3.05) is 31.1 Å². The molecule has 2 aromatic rings. The molecule has 0 aliphatic carbocycles. The van der Waals surface area contributed by atoms with Crippen molar-refractivity contribution in [3.05, 3.63) is 54.0 Å². The molecule has 1 amide bonds. The highest BCUT2D eigenvalue weighted by Gasteiger charge is 2.31. The van der Waals surface area contributed by atoms with Crippen molar-refractivity contribution in [1.82, 2.24) is 14.9 Å². The molecule has 5 nitrogen and oxygen atoms in total. The number of anilines is 1. The predicted octanol–water partition coefficient (Wildman–Crippen LogP) is 2.85. The lowest BCUT2D eigenvalue weighted by Gasteiger charge is -2.23. The Labute approximate surface area is 143 Å². The Balaban J connectivity index is 1.66. The first-order chi connectivity index (χ1) is 11.9. The van der Waals surface area contributed by atoms with Gasteiger partial charge in [-0.25, -0.2) is 4.98 Å². The lowest BCUT2D eigenvalue weighted by Crippen LogP contribution is -2.35. The third kappa shape index (κ3) is 4.07. The van der Waals surface area contributed by atoms with Crippen LogP contribution in [0.15, 0.2) is 42.7 Å². The molecule has 0 N–H and O–H groups in total. The molecule has 0 bridgehead atoms. The summed E-state index contributed by atoms with van der Waals surface area (Å²) < 4.78 is 37.9. The monoisotopic (exact) mass is 350 g/mol. The van der Waals surface area contributed by atoms with Gasteiger partial charge in [0.2, 0.25) is 0 Å². The van der Waals surface area contributed by atoms with Crippen LogP contribution in [0.4, 0.5) is 19.0 Å². The number of carbonyl (C=O) groups excluding carboxylic acids is 1. The van der Waals surface area contributed by atoms with E-state index in [-0.39, 0.29) is 5.91 Å². The van der Waals surface area contributed by atoms with Gasteiger partial charge in [-0.15, -0.1) is 0 Å². The maximum Gasteiger partial charge on any atom is 0.417 e. The highest BCUT2D eigenvalue weighted by atomic mass is 19.4. The van der Waals surface area contributed by atoms with Gasteiger partial charge in [-0.05, 0) is 30.7 Å². The van der Waals surface area contributed by atoms with Crippen LogP contribution in [0.3, 0.4) is 0 Å². The molecule has 0 saturated carbocycles. The van der Waals surface area contributed by atoms with Crippen LogP contribution in [-0.4, -0.2) is 47.0 Å². The number of rotatable bonds is 2. The summed E-state index contributed by atoms with van der Waals surface area (Å²) in [6.07, 6.45) is -1.27. The fraction of sp³-hybridized carbons (Fsp3) is 0.353. The number of hydrogen-bond donors (Lipinski definition) is 0. The molecular formula is C17H17F3N4O. The van der Waals surface area contributed by atoms with Gasteiger partial charge in [-0.3, -0.25) is 9.78 Å². The average molecular weight is 350 g/mol. The van der Waals surface area contributed by atoms with E-state index in [1.165, 1.54) is 6.07 Å². The molecule has 3 rings (SSSR count). The molecular weight excluding hydrogens is 333 g/mol. The minimum atomic E-state index is -4.39. The third-order valence-electron chi connectivity index (χ3n) is 4.07. The molecule has 0 atom stereocenters.